The fourth-order valence-corrected chi connectivity index (χ4v) is 2.81. The lowest BCUT2D eigenvalue weighted by atomic mass is 10.1. The van der Waals surface area contributed by atoms with E-state index in [0.29, 0.717) is 23.8 Å². The van der Waals surface area contributed by atoms with Crippen LogP contribution in [0.2, 0.25) is 0 Å². The molecule has 6 heteroatoms. The highest BCUT2D eigenvalue weighted by atomic mass is 16.5. The molecule has 6 nitrogen and oxygen atoms in total. The molecule has 1 amide bonds. The molecular formula is C21H28N2O4. The van der Waals surface area contributed by atoms with Crippen molar-refractivity contribution in [3.05, 3.63) is 47.5 Å². The first-order valence-electron chi connectivity index (χ1n) is 8.68. The number of carbonyl (C=O) groups is 1. The minimum absolute atomic E-state index is 0.0148. The third kappa shape index (κ3) is 5.06. The first kappa shape index (κ1) is 20.4. The van der Waals surface area contributed by atoms with Crippen LogP contribution in [0.25, 0.3) is 0 Å². The number of methoxy groups -OCH3 is 3. The SMILES string of the molecule is COc1cc(CC(=O)N(C)Cc2ccc(N(C)C)cc2)cc(OC)c1OC. The van der Waals surface area contributed by atoms with Gasteiger partial charge in [-0.2, -0.15) is 0 Å². The molecule has 0 saturated carbocycles. The van der Waals surface area contributed by atoms with E-state index in [9.17, 15) is 4.79 Å². The van der Waals surface area contributed by atoms with E-state index in [0.717, 1.165) is 16.8 Å². The Morgan fingerprint density at radius 2 is 1.41 bits per heavy atom. The molecule has 0 aliphatic rings. The van der Waals surface area contributed by atoms with E-state index in [2.05, 4.69) is 0 Å². The summed E-state index contributed by atoms with van der Waals surface area (Å²) in [5.41, 5.74) is 3.02. The van der Waals surface area contributed by atoms with Crippen LogP contribution in [0.3, 0.4) is 0 Å². The van der Waals surface area contributed by atoms with Crippen LogP contribution >= 0.6 is 0 Å². The molecular weight excluding hydrogens is 344 g/mol. The maximum absolute atomic E-state index is 12.7. The second-order valence-electron chi connectivity index (χ2n) is 6.52. The van der Waals surface area contributed by atoms with Crippen LogP contribution in [-0.4, -0.2) is 53.3 Å². The zero-order valence-corrected chi connectivity index (χ0v) is 16.9. The van der Waals surface area contributed by atoms with Gasteiger partial charge in [0.2, 0.25) is 11.7 Å². The summed E-state index contributed by atoms with van der Waals surface area (Å²) in [4.78, 5) is 16.4. The van der Waals surface area contributed by atoms with Crippen LogP contribution < -0.4 is 19.1 Å². The quantitative estimate of drug-likeness (QED) is 0.713. The first-order chi connectivity index (χ1) is 12.9. The third-order valence-corrected chi connectivity index (χ3v) is 4.38. The molecule has 27 heavy (non-hydrogen) atoms. The minimum Gasteiger partial charge on any atom is -0.493 e. The second-order valence-corrected chi connectivity index (χ2v) is 6.52. The number of anilines is 1. The van der Waals surface area contributed by atoms with Gasteiger partial charge in [0.25, 0.3) is 0 Å². The average Bonchev–Trinajstić information content (AvgIpc) is 2.67. The smallest absolute Gasteiger partial charge is 0.227 e. The van der Waals surface area contributed by atoms with Crippen LogP contribution in [0.4, 0.5) is 5.69 Å². The van der Waals surface area contributed by atoms with E-state index >= 15 is 0 Å². The van der Waals surface area contributed by atoms with E-state index in [1.54, 1.807) is 45.4 Å². The van der Waals surface area contributed by atoms with Crippen molar-refractivity contribution in [3.63, 3.8) is 0 Å². The van der Waals surface area contributed by atoms with Gasteiger partial charge in [0, 0.05) is 33.4 Å². The molecule has 0 heterocycles. The number of hydrogen-bond donors (Lipinski definition) is 0. The molecule has 0 bridgehead atoms. The fourth-order valence-electron chi connectivity index (χ4n) is 2.81. The summed E-state index contributed by atoms with van der Waals surface area (Å²) in [6.07, 6.45) is 0.253. The molecule has 0 aliphatic carbocycles. The van der Waals surface area contributed by atoms with Crippen LogP contribution in [0, 0.1) is 0 Å². The summed E-state index contributed by atoms with van der Waals surface area (Å²) in [6, 6.07) is 11.8. The average molecular weight is 372 g/mol. The Hall–Kier alpha value is -2.89. The van der Waals surface area contributed by atoms with Crippen molar-refractivity contribution in [3.8, 4) is 17.2 Å². The minimum atomic E-state index is 0.0148. The molecule has 0 unspecified atom stereocenters. The lowest BCUT2D eigenvalue weighted by molar-refractivity contribution is -0.129. The van der Waals surface area contributed by atoms with Gasteiger partial charge in [-0.15, -0.1) is 0 Å². The van der Waals surface area contributed by atoms with Crippen molar-refractivity contribution >= 4 is 11.6 Å². The van der Waals surface area contributed by atoms with Gasteiger partial charge < -0.3 is 24.0 Å². The predicted molar refractivity (Wildman–Crippen MR) is 107 cm³/mol. The molecule has 0 fully saturated rings. The van der Waals surface area contributed by atoms with E-state index in [4.69, 9.17) is 14.2 Å². The first-order valence-corrected chi connectivity index (χ1v) is 8.68. The van der Waals surface area contributed by atoms with Crippen molar-refractivity contribution in [2.24, 2.45) is 0 Å². The number of likely N-dealkylation sites (N-methyl/N-ethyl adjacent to an activating group) is 1. The van der Waals surface area contributed by atoms with Crippen LogP contribution in [0.1, 0.15) is 11.1 Å². The summed E-state index contributed by atoms with van der Waals surface area (Å²) in [5, 5.41) is 0. The maximum Gasteiger partial charge on any atom is 0.227 e. The molecule has 0 spiro atoms. The molecule has 0 atom stereocenters. The Balaban J connectivity index is 2.09. The second kappa shape index (κ2) is 9.16. The number of ether oxygens (including phenoxy) is 3. The Kier molecular flexibility index (Phi) is 6.93. The number of nitrogens with zero attached hydrogens (tertiary/aromatic N) is 2. The number of amides is 1. The highest BCUT2D eigenvalue weighted by Crippen LogP contribution is 2.38. The molecule has 0 saturated heterocycles. The standard InChI is InChI=1S/C21H28N2O4/c1-22(2)17-9-7-15(8-10-17)14-23(3)20(24)13-16-11-18(25-4)21(27-6)19(12-16)26-5/h7-12H,13-14H2,1-6H3. The highest BCUT2D eigenvalue weighted by molar-refractivity contribution is 5.79. The van der Waals surface area contributed by atoms with Gasteiger partial charge in [0.05, 0.1) is 27.8 Å². The van der Waals surface area contributed by atoms with E-state index < -0.39 is 0 Å². The van der Waals surface area contributed by atoms with Gasteiger partial charge in [0.15, 0.2) is 11.5 Å². The number of hydrogen-bond acceptors (Lipinski definition) is 5. The summed E-state index contributed by atoms with van der Waals surface area (Å²) < 4.78 is 16.0. The molecule has 0 N–H and O–H groups in total. The molecule has 2 aromatic carbocycles. The topological polar surface area (TPSA) is 51.2 Å². The van der Waals surface area contributed by atoms with Crippen LogP contribution in [-0.2, 0) is 17.8 Å². The largest absolute Gasteiger partial charge is 0.493 e. The molecule has 2 aromatic rings. The van der Waals surface area contributed by atoms with Crippen molar-refractivity contribution in [1.29, 1.82) is 0 Å². The third-order valence-electron chi connectivity index (χ3n) is 4.38. The molecule has 0 radical (unpaired) electrons. The Labute approximate surface area is 161 Å². The zero-order valence-electron chi connectivity index (χ0n) is 16.9. The van der Waals surface area contributed by atoms with Gasteiger partial charge in [-0.3, -0.25) is 4.79 Å². The van der Waals surface area contributed by atoms with Gasteiger partial charge in [-0.25, -0.2) is 0 Å². The van der Waals surface area contributed by atoms with Crippen molar-refractivity contribution in [1.82, 2.24) is 4.90 Å². The van der Waals surface area contributed by atoms with Gasteiger partial charge in [-0.05, 0) is 35.4 Å². The molecule has 0 aliphatic heterocycles. The molecule has 146 valence electrons. The van der Waals surface area contributed by atoms with E-state index in [1.807, 2.05) is 43.3 Å². The normalized spacial score (nSPS) is 10.3. The number of rotatable bonds is 8. The van der Waals surface area contributed by atoms with E-state index in [-0.39, 0.29) is 12.3 Å². The van der Waals surface area contributed by atoms with Crippen LogP contribution in [0.5, 0.6) is 17.2 Å². The number of carbonyl (C=O) groups excluding carboxylic acids is 1. The van der Waals surface area contributed by atoms with Gasteiger partial charge >= 0.3 is 0 Å². The van der Waals surface area contributed by atoms with E-state index in [1.165, 1.54) is 0 Å². The molecule has 0 aromatic heterocycles. The van der Waals surface area contributed by atoms with Crippen LogP contribution in [0.15, 0.2) is 36.4 Å². The zero-order chi connectivity index (χ0) is 20.0. The number of benzene rings is 2. The predicted octanol–water partition coefficient (Wildman–Crippen LogP) is 2.98. The lowest BCUT2D eigenvalue weighted by Crippen LogP contribution is -2.27. The summed E-state index contributed by atoms with van der Waals surface area (Å²) in [7, 11) is 10.5. The van der Waals surface area contributed by atoms with Crippen molar-refractivity contribution in [2.45, 2.75) is 13.0 Å². The van der Waals surface area contributed by atoms with Gasteiger partial charge in [-0.1, -0.05) is 12.1 Å². The summed E-state index contributed by atoms with van der Waals surface area (Å²) in [5.74, 6) is 1.62. The van der Waals surface area contributed by atoms with Crippen molar-refractivity contribution < 1.29 is 19.0 Å². The van der Waals surface area contributed by atoms with Gasteiger partial charge in [0.1, 0.15) is 0 Å². The highest BCUT2D eigenvalue weighted by Gasteiger charge is 2.16. The Morgan fingerprint density at radius 1 is 0.852 bits per heavy atom. The molecule has 2 rings (SSSR count). The Bertz CT molecular complexity index is 747. The lowest BCUT2D eigenvalue weighted by Gasteiger charge is -2.19. The summed E-state index contributed by atoms with van der Waals surface area (Å²) in [6.45, 7) is 0.553. The maximum atomic E-state index is 12.7. The monoisotopic (exact) mass is 372 g/mol. The fraction of sp³-hybridized carbons (Fsp3) is 0.381. The Morgan fingerprint density at radius 3 is 1.85 bits per heavy atom. The van der Waals surface area contributed by atoms with Crippen molar-refractivity contribution in [2.75, 3.05) is 47.4 Å². The summed E-state index contributed by atoms with van der Waals surface area (Å²) >= 11 is 0.